The minimum atomic E-state index is -3.43. The summed E-state index contributed by atoms with van der Waals surface area (Å²) in [6.07, 6.45) is 0. The van der Waals surface area contributed by atoms with Gasteiger partial charge in [0.1, 0.15) is 23.1 Å². The molecule has 1 spiro atoms. The van der Waals surface area contributed by atoms with Crippen molar-refractivity contribution in [2.24, 2.45) is 0 Å². The molecule has 0 saturated carbocycles. The van der Waals surface area contributed by atoms with E-state index in [0.717, 1.165) is 22.7 Å². The van der Waals surface area contributed by atoms with Gasteiger partial charge in [0.25, 0.3) is 0 Å². The molecule has 0 bridgehead atoms. The lowest BCUT2D eigenvalue weighted by Crippen LogP contribution is -2.67. The van der Waals surface area contributed by atoms with Crippen LogP contribution in [-0.4, -0.2) is 8.88 Å². The Balaban J connectivity index is 1.61. The second kappa shape index (κ2) is 6.58. The van der Waals surface area contributed by atoms with Crippen LogP contribution in [0.1, 0.15) is 0 Å². The number of para-hydroxylation sites is 4. The van der Waals surface area contributed by atoms with Crippen molar-refractivity contribution in [2.45, 2.75) is 0 Å². The average Bonchev–Trinajstić information content (AvgIpc) is 3.29. The molecule has 4 aromatic carbocycles. The Bertz CT molecular complexity index is 1180. The highest BCUT2D eigenvalue weighted by Crippen LogP contribution is 2.54. The quantitative estimate of drug-likeness (QED) is 0.356. The molecule has 0 unspecified atom stereocenters. The molecule has 0 saturated heterocycles. The number of hydrogen-bond donors (Lipinski definition) is 0. The van der Waals surface area contributed by atoms with Gasteiger partial charge >= 0.3 is 8.88 Å². The van der Waals surface area contributed by atoms with Crippen LogP contribution in [0.2, 0.25) is 0 Å². The summed E-state index contributed by atoms with van der Waals surface area (Å²) in [6, 6.07) is 27.9. The van der Waals surface area contributed by atoms with Crippen LogP contribution < -0.4 is 18.0 Å². The Hall–Kier alpha value is -3.84. The van der Waals surface area contributed by atoms with Crippen LogP contribution >= 0.6 is 0 Å². The highest BCUT2D eigenvalue weighted by atomic mass is 28.4. The number of anilines is 4. The number of halogens is 2. The van der Waals surface area contributed by atoms with Gasteiger partial charge in [0.15, 0.2) is 0 Å². The lowest BCUT2D eigenvalue weighted by molar-refractivity contribution is 0.413. The van der Waals surface area contributed by atoms with E-state index in [9.17, 15) is 8.78 Å². The maximum atomic E-state index is 13.7. The zero-order valence-electron chi connectivity index (χ0n) is 16.2. The van der Waals surface area contributed by atoms with Crippen molar-refractivity contribution < 1.29 is 17.6 Å². The zero-order chi connectivity index (χ0) is 21.0. The Labute approximate surface area is 178 Å². The summed E-state index contributed by atoms with van der Waals surface area (Å²) in [5.74, 6) is 0.717. The molecule has 152 valence electrons. The van der Waals surface area contributed by atoms with E-state index in [1.807, 2.05) is 57.7 Å². The van der Waals surface area contributed by atoms with Gasteiger partial charge in [-0.1, -0.05) is 24.3 Å². The smallest absolute Gasteiger partial charge is 0.478 e. The number of rotatable bonds is 2. The predicted molar refractivity (Wildman–Crippen MR) is 117 cm³/mol. The fraction of sp³-hybridized carbons (Fsp3) is 0. The third-order valence-corrected chi connectivity index (χ3v) is 8.53. The molecule has 2 heterocycles. The highest BCUT2D eigenvalue weighted by Gasteiger charge is 2.68. The molecule has 0 amide bonds. The summed E-state index contributed by atoms with van der Waals surface area (Å²) in [5.41, 5.74) is 3.16. The van der Waals surface area contributed by atoms with Crippen LogP contribution in [0.25, 0.3) is 0 Å². The van der Waals surface area contributed by atoms with E-state index in [4.69, 9.17) is 8.85 Å². The van der Waals surface area contributed by atoms with Crippen LogP contribution in [0, 0.1) is 11.6 Å². The van der Waals surface area contributed by atoms with Crippen molar-refractivity contribution in [3.05, 3.63) is 109 Å². The summed E-state index contributed by atoms with van der Waals surface area (Å²) in [7, 11) is -3.43. The maximum Gasteiger partial charge on any atom is 0.733 e. The Morgan fingerprint density at radius 3 is 1.32 bits per heavy atom. The van der Waals surface area contributed by atoms with E-state index in [2.05, 4.69) is 0 Å². The molecule has 0 fully saturated rings. The van der Waals surface area contributed by atoms with Gasteiger partial charge in [0.05, 0.1) is 11.4 Å². The fourth-order valence-electron chi connectivity index (χ4n) is 4.14. The Morgan fingerprint density at radius 2 is 0.903 bits per heavy atom. The summed E-state index contributed by atoms with van der Waals surface area (Å²) in [6.45, 7) is 0. The van der Waals surface area contributed by atoms with Gasteiger partial charge in [-0.05, 0) is 72.8 Å². The second-order valence-corrected chi connectivity index (χ2v) is 9.71. The molecule has 2 aliphatic rings. The van der Waals surface area contributed by atoms with Gasteiger partial charge in [-0.3, -0.25) is 9.13 Å². The van der Waals surface area contributed by atoms with E-state index >= 15 is 0 Å². The van der Waals surface area contributed by atoms with Crippen molar-refractivity contribution in [1.82, 2.24) is 0 Å². The normalized spacial score (nSPS) is 15.4. The first-order valence-corrected chi connectivity index (χ1v) is 11.5. The third-order valence-electron chi connectivity index (χ3n) is 5.43. The molecular formula is C24H16F2N2O2Si. The lowest BCUT2D eigenvalue weighted by atomic mass is 10.2. The van der Waals surface area contributed by atoms with Gasteiger partial charge in [-0.25, -0.2) is 8.78 Å². The van der Waals surface area contributed by atoms with Crippen molar-refractivity contribution in [2.75, 3.05) is 9.13 Å². The van der Waals surface area contributed by atoms with Crippen molar-refractivity contribution in [3.63, 3.8) is 0 Å². The predicted octanol–water partition coefficient (Wildman–Crippen LogP) is 6.16. The molecule has 31 heavy (non-hydrogen) atoms. The van der Waals surface area contributed by atoms with E-state index in [-0.39, 0.29) is 11.6 Å². The number of benzene rings is 4. The van der Waals surface area contributed by atoms with Gasteiger partial charge in [0.2, 0.25) is 0 Å². The number of hydrogen-bond acceptors (Lipinski definition) is 4. The standard InChI is InChI=1S/C24H16F2N2O2Si/c25-17-9-13-19(14-10-17)27-21-5-1-3-7-23(21)29-31(27)28(20-15-11-18(26)12-16-20)22-6-2-4-8-24(22)30-31/h1-16H. The Kier molecular flexibility index (Phi) is 3.81. The molecule has 0 radical (unpaired) electrons. The molecule has 7 heteroatoms. The van der Waals surface area contributed by atoms with Crippen LogP contribution in [0.3, 0.4) is 0 Å². The van der Waals surface area contributed by atoms with Crippen molar-refractivity contribution in [3.8, 4) is 11.5 Å². The van der Waals surface area contributed by atoms with Crippen LogP contribution in [0.4, 0.5) is 31.5 Å². The maximum absolute atomic E-state index is 13.7. The van der Waals surface area contributed by atoms with E-state index < -0.39 is 8.88 Å². The molecule has 4 nitrogen and oxygen atoms in total. The van der Waals surface area contributed by atoms with Gasteiger partial charge < -0.3 is 8.85 Å². The third kappa shape index (κ3) is 2.63. The van der Waals surface area contributed by atoms with E-state index in [1.165, 1.54) is 24.3 Å². The largest absolute Gasteiger partial charge is 0.733 e. The van der Waals surface area contributed by atoms with E-state index in [0.29, 0.717) is 11.5 Å². The molecule has 6 rings (SSSR count). The molecular weight excluding hydrogens is 414 g/mol. The lowest BCUT2D eigenvalue weighted by Gasteiger charge is -2.35. The average molecular weight is 430 g/mol. The first-order chi connectivity index (χ1) is 15.2. The van der Waals surface area contributed by atoms with Gasteiger partial charge in [-0.2, -0.15) is 0 Å². The minimum Gasteiger partial charge on any atom is -0.478 e. The summed E-state index contributed by atoms with van der Waals surface area (Å²) < 4.78 is 44.7. The SMILES string of the molecule is Fc1ccc(N2c3ccccc3O[Si]23Oc2ccccc2N3c2ccc(F)cc2)cc1. The first kappa shape index (κ1) is 18.0. The number of nitrogens with zero attached hydrogens (tertiary/aromatic N) is 2. The number of fused-ring (bicyclic) bond motifs is 2. The van der Waals surface area contributed by atoms with Gasteiger partial charge in [0, 0.05) is 11.4 Å². The minimum absolute atomic E-state index is 0.320. The molecule has 0 aromatic heterocycles. The molecule has 2 aliphatic heterocycles. The van der Waals surface area contributed by atoms with Crippen LogP contribution in [0.5, 0.6) is 11.5 Å². The second-order valence-electron chi connectivity index (χ2n) is 7.31. The molecule has 4 aromatic rings. The summed E-state index contributed by atoms with van der Waals surface area (Å²) in [5, 5.41) is 0. The topological polar surface area (TPSA) is 24.9 Å². The zero-order valence-corrected chi connectivity index (χ0v) is 17.2. The van der Waals surface area contributed by atoms with Crippen LogP contribution in [0.15, 0.2) is 97.1 Å². The fourth-order valence-corrected chi connectivity index (χ4v) is 7.59. The van der Waals surface area contributed by atoms with Crippen LogP contribution in [-0.2, 0) is 0 Å². The Morgan fingerprint density at radius 1 is 0.516 bits per heavy atom. The van der Waals surface area contributed by atoms with Crippen molar-refractivity contribution >= 4 is 31.6 Å². The van der Waals surface area contributed by atoms with E-state index in [1.54, 1.807) is 24.3 Å². The van der Waals surface area contributed by atoms with Crippen molar-refractivity contribution in [1.29, 1.82) is 0 Å². The highest BCUT2D eigenvalue weighted by molar-refractivity contribution is 6.81. The first-order valence-electron chi connectivity index (χ1n) is 9.83. The summed E-state index contributed by atoms with van der Waals surface area (Å²) in [4.78, 5) is 0. The molecule has 0 aliphatic carbocycles. The van der Waals surface area contributed by atoms with Gasteiger partial charge in [-0.15, -0.1) is 0 Å². The monoisotopic (exact) mass is 430 g/mol. The molecule has 0 N–H and O–H groups in total. The molecule has 0 atom stereocenters. The summed E-state index contributed by atoms with van der Waals surface area (Å²) >= 11 is 0.